The summed E-state index contributed by atoms with van der Waals surface area (Å²) in [5.41, 5.74) is 0. The number of hydrogen-bond acceptors (Lipinski definition) is 4. The van der Waals surface area contributed by atoms with E-state index in [1.54, 1.807) is 5.38 Å². The van der Waals surface area contributed by atoms with E-state index in [1.807, 2.05) is 0 Å². The topological polar surface area (TPSA) is 25.8 Å². The van der Waals surface area contributed by atoms with Crippen molar-refractivity contribution in [3.05, 3.63) is 5.38 Å². The molecule has 32 valence electrons. The Labute approximate surface area is 44.8 Å². The molecule has 1 aromatic heterocycles. The Bertz CT molecular complexity index is 113. The zero-order valence-electron chi connectivity index (χ0n) is 2.83. The molecular formula is C2H2N2S2. The molecule has 0 N–H and O–H groups in total. The van der Waals surface area contributed by atoms with Crippen LogP contribution in [0.2, 0.25) is 0 Å². The summed E-state index contributed by atoms with van der Waals surface area (Å²) in [5.74, 6) is 0. The Morgan fingerprint density at radius 2 is 2.67 bits per heavy atom. The Kier molecular flexibility index (Phi) is 1.07. The minimum Gasteiger partial charge on any atom is -0.132 e. The summed E-state index contributed by atoms with van der Waals surface area (Å²) in [5, 5.41) is 6.01. The molecule has 0 saturated heterocycles. The van der Waals surface area contributed by atoms with E-state index >= 15 is 0 Å². The summed E-state index contributed by atoms with van der Waals surface area (Å²) in [4.78, 5) is 0. The minimum atomic E-state index is 0.694. The lowest BCUT2D eigenvalue weighted by atomic mass is 11.0. The highest BCUT2D eigenvalue weighted by Gasteiger charge is 1.79. The number of nitrogens with zero attached hydrogens (tertiary/aromatic N) is 2. The van der Waals surface area contributed by atoms with Crippen molar-refractivity contribution in [3.8, 4) is 0 Å². The molecule has 0 spiro atoms. The summed E-state index contributed by atoms with van der Waals surface area (Å²) in [6, 6.07) is 0. The first-order valence-electron chi connectivity index (χ1n) is 1.35. The van der Waals surface area contributed by atoms with Crippen LogP contribution in [-0.4, -0.2) is 9.59 Å². The first-order valence-corrected chi connectivity index (χ1v) is 2.64. The van der Waals surface area contributed by atoms with E-state index in [9.17, 15) is 0 Å². The molecule has 1 rings (SSSR count). The van der Waals surface area contributed by atoms with Crippen molar-refractivity contribution in [3.63, 3.8) is 0 Å². The molecule has 0 aliphatic rings. The van der Waals surface area contributed by atoms with Gasteiger partial charge in [-0.05, 0) is 11.5 Å². The lowest BCUT2D eigenvalue weighted by Gasteiger charge is -1.60. The molecule has 0 atom stereocenters. The Balaban J connectivity index is 3.05. The molecule has 0 amide bonds. The van der Waals surface area contributed by atoms with Crippen LogP contribution in [0.15, 0.2) is 10.4 Å². The van der Waals surface area contributed by atoms with E-state index in [0.29, 0.717) is 5.03 Å². The lowest BCUT2D eigenvalue weighted by molar-refractivity contribution is 1.04. The minimum absolute atomic E-state index is 0.694. The van der Waals surface area contributed by atoms with Gasteiger partial charge in [0.1, 0.15) is 5.03 Å². The molecule has 0 saturated carbocycles. The fourth-order valence-corrected chi connectivity index (χ4v) is 0.730. The fourth-order valence-electron chi connectivity index (χ4n) is 0.160. The Hall–Kier alpha value is -0.0900. The highest BCUT2D eigenvalue weighted by atomic mass is 32.1. The van der Waals surface area contributed by atoms with Gasteiger partial charge in [-0.1, -0.05) is 4.49 Å². The normalized spacial score (nSPS) is 8.83. The van der Waals surface area contributed by atoms with Gasteiger partial charge in [-0.15, -0.1) is 17.7 Å². The van der Waals surface area contributed by atoms with Crippen LogP contribution in [0.4, 0.5) is 0 Å². The van der Waals surface area contributed by atoms with Gasteiger partial charge in [0, 0.05) is 5.38 Å². The van der Waals surface area contributed by atoms with Gasteiger partial charge in [0.15, 0.2) is 0 Å². The summed E-state index contributed by atoms with van der Waals surface area (Å²) in [7, 11) is 0. The summed E-state index contributed by atoms with van der Waals surface area (Å²) in [6.45, 7) is 0. The second-order valence-electron chi connectivity index (χ2n) is 0.763. The quantitative estimate of drug-likeness (QED) is 0.510. The van der Waals surface area contributed by atoms with Gasteiger partial charge in [-0.25, -0.2) is 0 Å². The van der Waals surface area contributed by atoms with Gasteiger partial charge in [-0.3, -0.25) is 0 Å². The fraction of sp³-hybridized carbons (Fsp3) is 0. The highest BCUT2D eigenvalue weighted by molar-refractivity contribution is 7.80. The molecule has 0 radical (unpaired) electrons. The van der Waals surface area contributed by atoms with E-state index in [0.717, 1.165) is 0 Å². The molecule has 2 nitrogen and oxygen atoms in total. The number of rotatable bonds is 0. The maximum Gasteiger partial charge on any atom is 0.128 e. The predicted octanol–water partition coefficient (Wildman–Crippen LogP) is 0.827. The summed E-state index contributed by atoms with van der Waals surface area (Å²) < 4.78 is 3.54. The summed E-state index contributed by atoms with van der Waals surface area (Å²) in [6.07, 6.45) is 0. The van der Waals surface area contributed by atoms with E-state index in [4.69, 9.17) is 0 Å². The number of aromatic nitrogens is 2. The largest absolute Gasteiger partial charge is 0.132 e. The smallest absolute Gasteiger partial charge is 0.128 e. The van der Waals surface area contributed by atoms with Crippen LogP contribution in [0.3, 0.4) is 0 Å². The van der Waals surface area contributed by atoms with E-state index in [-0.39, 0.29) is 0 Å². The molecule has 4 heteroatoms. The molecule has 1 heterocycles. The zero-order chi connectivity index (χ0) is 4.41. The van der Waals surface area contributed by atoms with Crippen LogP contribution in [0.1, 0.15) is 0 Å². The van der Waals surface area contributed by atoms with E-state index in [2.05, 4.69) is 22.2 Å². The standard InChI is InChI=1S/C2H2N2S2/c5-2-1-6-4-3-2/h1,5H. The van der Waals surface area contributed by atoms with Gasteiger partial charge in [0.2, 0.25) is 0 Å². The third-order valence-electron chi connectivity index (χ3n) is 0.349. The first-order chi connectivity index (χ1) is 2.89. The van der Waals surface area contributed by atoms with Crippen molar-refractivity contribution in [2.75, 3.05) is 0 Å². The van der Waals surface area contributed by atoms with Crippen LogP contribution in [0.5, 0.6) is 0 Å². The van der Waals surface area contributed by atoms with E-state index in [1.165, 1.54) is 11.5 Å². The van der Waals surface area contributed by atoms with Gasteiger partial charge >= 0.3 is 0 Å². The van der Waals surface area contributed by atoms with Crippen molar-refractivity contribution >= 4 is 24.2 Å². The lowest BCUT2D eigenvalue weighted by Crippen LogP contribution is -1.59. The highest BCUT2D eigenvalue weighted by Crippen LogP contribution is 1.99. The second-order valence-corrected chi connectivity index (χ2v) is 1.83. The van der Waals surface area contributed by atoms with Crippen molar-refractivity contribution in [2.24, 2.45) is 0 Å². The maximum atomic E-state index is 3.87. The zero-order valence-corrected chi connectivity index (χ0v) is 4.54. The maximum absolute atomic E-state index is 3.87. The van der Waals surface area contributed by atoms with Crippen molar-refractivity contribution in [2.45, 2.75) is 5.03 Å². The SMILES string of the molecule is Sc1csnn1. The van der Waals surface area contributed by atoms with E-state index < -0.39 is 0 Å². The van der Waals surface area contributed by atoms with Gasteiger partial charge in [0.25, 0.3) is 0 Å². The second kappa shape index (κ2) is 1.57. The molecule has 0 fully saturated rings. The third kappa shape index (κ3) is 0.693. The van der Waals surface area contributed by atoms with Gasteiger partial charge in [0.05, 0.1) is 0 Å². The summed E-state index contributed by atoms with van der Waals surface area (Å²) >= 11 is 5.17. The Morgan fingerprint density at radius 3 is 2.83 bits per heavy atom. The molecule has 0 unspecified atom stereocenters. The molecule has 0 aliphatic heterocycles. The molecule has 0 aromatic carbocycles. The first kappa shape index (κ1) is 4.08. The van der Waals surface area contributed by atoms with Crippen molar-refractivity contribution in [1.29, 1.82) is 0 Å². The van der Waals surface area contributed by atoms with Crippen LogP contribution < -0.4 is 0 Å². The molecule has 1 aromatic rings. The monoisotopic (exact) mass is 118 g/mol. The Morgan fingerprint density at radius 1 is 1.83 bits per heavy atom. The molecular weight excluding hydrogens is 116 g/mol. The van der Waals surface area contributed by atoms with Crippen LogP contribution in [0, 0.1) is 0 Å². The van der Waals surface area contributed by atoms with Crippen LogP contribution in [0.25, 0.3) is 0 Å². The van der Waals surface area contributed by atoms with Crippen molar-refractivity contribution in [1.82, 2.24) is 9.59 Å². The average molecular weight is 118 g/mol. The molecule has 0 bridgehead atoms. The van der Waals surface area contributed by atoms with Gasteiger partial charge < -0.3 is 0 Å². The molecule has 6 heavy (non-hydrogen) atoms. The van der Waals surface area contributed by atoms with Crippen molar-refractivity contribution < 1.29 is 0 Å². The van der Waals surface area contributed by atoms with Crippen LogP contribution in [-0.2, 0) is 0 Å². The number of hydrogen-bond donors (Lipinski definition) is 1. The average Bonchev–Trinajstić information content (AvgIpc) is 1.86. The van der Waals surface area contributed by atoms with Gasteiger partial charge in [-0.2, -0.15) is 0 Å². The van der Waals surface area contributed by atoms with Crippen LogP contribution >= 0.6 is 24.2 Å². The number of thiol groups is 1. The molecule has 0 aliphatic carbocycles. The predicted molar refractivity (Wildman–Crippen MR) is 27.2 cm³/mol. The third-order valence-corrected chi connectivity index (χ3v) is 1.25.